The Bertz CT molecular complexity index is 375. The lowest BCUT2D eigenvalue weighted by atomic mass is 9.82. The zero-order valence-corrected chi connectivity index (χ0v) is 15.4. The Morgan fingerprint density at radius 2 is 2.05 bits per heavy atom. The monoisotopic (exact) mass is 334 g/mol. The van der Waals surface area contributed by atoms with Crippen LogP contribution >= 0.6 is 0 Å². The Kier molecular flexibility index (Phi) is 7.01. The second-order valence-corrected chi connectivity index (χ2v) is 11.0. The van der Waals surface area contributed by atoms with E-state index in [0.29, 0.717) is 25.7 Å². The van der Waals surface area contributed by atoms with Crippen molar-refractivity contribution in [2.24, 2.45) is 0 Å². The molecular weight excluding hydrogens is 304 g/mol. The van der Waals surface area contributed by atoms with E-state index in [1.807, 2.05) is 13.8 Å². The predicted molar refractivity (Wildman–Crippen MR) is 85.3 cm³/mol. The minimum Gasteiger partial charge on any atom is -0.451 e. The van der Waals surface area contributed by atoms with E-state index < -0.39 is 19.5 Å². The van der Waals surface area contributed by atoms with Gasteiger partial charge in [0.05, 0.1) is 26.4 Å². The summed E-state index contributed by atoms with van der Waals surface area (Å²) in [5.74, 6) is -0.347. The van der Waals surface area contributed by atoms with Crippen molar-refractivity contribution in [2.45, 2.75) is 57.0 Å². The van der Waals surface area contributed by atoms with Gasteiger partial charge < -0.3 is 23.7 Å². The van der Waals surface area contributed by atoms with Crippen LogP contribution in [-0.4, -0.2) is 64.1 Å². The van der Waals surface area contributed by atoms with E-state index in [0.717, 1.165) is 0 Å². The van der Waals surface area contributed by atoms with Gasteiger partial charge in [0.15, 0.2) is 13.9 Å². The van der Waals surface area contributed by atoms with Crippen molar-refractivity contribution in [3.8, 4) is 0 Å². The van der Waals surface area contributed by atoms with E-state index in [1.54, 1.807) is 7.11 Å². The molecule has 7 heteroatoms. The fraction of sp³-hybridized carbons (Fsp3) is 0.933. The summed E-state index contributed by atoms with van der Waals surface area (Å²) in [6.07, 6.45) is 0.886. The molecular formula is C15H30O6Si. The van der Waals surface area contributed by atoms with Crippen LogP contribution in [0, 0.1) is 0 Å². The number of ether oxygens (including phenoxy) is 3. The van der Waals surface area contributed by atoms with Crippen molar-refractivity contribution in [3.05, 3.63) is 0 Å². The van der Waals surface area contributed by atoms with Crippen LogP contribution in [0.15, 0.2) is 0 Å². The van der Waals surface area contributed by atoms with Crippen molar-refractivity contribution in [3.63, 3.8) is 0 Å². The number of aliphatic hydroxyl groups excluding tert-OH is 1. The molecule has 130 valence electrons. The average molecular weight is 334 g/mol. The molecule has 6 nitrogen and oxygen atoms in total. The van der Waals surface area contributed by atoms with Gasteiger partial charge in [0.2, 0.25) is 0 Å². The third kappa shape index (κ3) is 4.52. The minimum absolute atomic E-state index is 0.144. The SMILES string of the molecule is CCC1(C)OCCOCC1(CO)OC(=O)CC[Si](C)(C)OC. The molecule has 0 saturated carbocycles. The molecule has 0 aromatic carbocycles. The van der Waals surface area contributed by atoms with E-state index in [2.05, 4.69) is 13.1 Å². The van der Waals surface area contributed by atoms with E-state index in [4.69, 9.17) is 18.6 Å². The Morgan fingerprint density at radius 1 is 1.36 bits per heavy atom. The second kappa shape index (κ2) is 7.87. The van der Waals surface area contributed by atoms with Crippen LogP contribution in [0.3, 0.4) is 0 Å². The maximum Gasteiger partial charge on any atom is 0.306 e. The van der Waals surface area contributed by atoms with Crippen molar-refractivity contribution in [1.29, 1.82) is 0 Å². The summed E-state index contributed by atoms with van der Waals surface area (Å²) in [7, 11) is -0.146. The maximum atomic E-state index is 12.3. The Hall–Kier alpha value is -0.473. The van der Waals surface area contributed by atoms with Crippen LogP contribution in [0.2, 0.25) is 19.1 Å². The van der Waals surface area contributed by atoms with Gasteiger partial charge in [-0.25, -0.2) is 0 Å². The quantitative estimate of drug-likeness (QED) is 0.564. The number of aliphatic hydroxyl groups is 1. The van der Waals surface area contributed by atoms with Crippen LogP contribution in [0.5, 0.6) is 0 Å². The van der Waals surface area contributed by atoms with E-state index >= 15 is 0 Å². The summed E-state index contributed by atoms with van der Waals surface area (Å²) >= 11 is 0. The molecule has 1 saturated heterocycles. The fourth-order valence-electron chi connectivity index (χ4n) is 2.43. The molecule has 2 unspecified atom stereocenters. The normalized spacial score (nSPS) is 29.9. The molecule has 1 aliphatic heterocycles. The topological polar surface area (TPSA) is 74.2 Å². The van der Waals surface area contributed by atoms with Gasteiger partial charge in [-0.2, -0.15) is 0 Å². The molecule has 1 fully saturated rings. The second-order valence-electron chi connectivity index (χ2n) is 6.58. The zero-order valence-electron chi connectivity index (χ0n) is 14.4. The van der Waals surface area contributed by atoms with Crippen LogP contribution in [0.4, 0.5) is 0 Å². The van der Waals surface area contributed by atoms with E-state index in [-0.39, 0.29) is 25.6 Å². The predicted octanol–water partition coefficient (Wildman–Crippen LogP) is 1.72. The van der Waals surface area contributed by atoms with Crippen molar-refractivity contribution < 1.29 is 28.5 Å². The van der Waals surface area contributed by atoms with Crippen LogP contribution in [0.1, 0.15) is 26.7 Å². The van der Waals surface area contributed by atoms with E-state index in [1.165, 1.54) is 0 Å². The van der Waals surface area contributed by atoms with Crippen LogP contribution in [-0.2, 0) is 23.4 Å². The van der Waals surface area contributed by atoms with Crippen molar-refractivity contribution in [2.75, 3.05) is 33.5 Å². The summed E-state index contributed by atoms with van der Waals surface area (Å²) in [5, 5.41) is 9.90. The molecule has 22 heavy (non-hydrogen) atoms. The molecule has 0 aliphatic carbocycles. The minimum atomic E-state index is -1.82. The third-order valence-corrected chi connectivity index (χ3v) is 7.23. The zero-order chi connectivity index (χ0) is 16.9. The molecule has 2 atom stereocenters. The third-order valence-electron chi connectivity index (χ3n) is 4.67. The molecule has 1 N–H and O–H groups in total. The molecule has 1 heterocycles. The highest BCUT2D eigenvalue weighted by molar-refractivity contribution is 6.71. The summed E-state index contributed by atoms with van der Waals surface area (Å²) in [6.45, 7) is 8.58. The highest BCUT2D eigenvalue weighted by atomic mass is 28.4. The number of hydrogen-bond donors (Lipinski definition) is 1. The number of carbonyl (C=O) groups excluding carboxylic acids is 1. The summed E-state index contributed by atoms with van der Waals surface area (Å²) in [5.41, 5.74) is -1.92. The summed E-state index contributed by atoms with van der Waals surface area (Å²) in [6, 6.07) is 0.675. The fourth-order valence-corrected chi connectivity index (χ4v) is 3.44. The molecule has 0 aromatic heterocycles. The molecule has 0 spiro atoms. The van der Waals surface area contributed by atoms with Gasteiger partial charge in [-0.3, -0.25) is 4.79 Å². The first-order valence-corrected chi connectivity index (χ1v) is 11.0. The van der Waals surface area contributed by atoms with Crippen LogP contribution in [0.25, 0.3) is 0 Å². The van der Waals surface area contributed by atoms with Gasteiger partial charge in [0.25, 0.3) is 0 Å². The molecule has 1 rings (SSSR count). The molecule has 0 amide bonds. The number of esters is 1. The molecule has 0 radical (unpaired) electrons. The Labute approximate surface area is 134 Å². The lowest BCUT2D eigenvalue weighted by molar-refractivity contribution is -0.217. The summed E-state index contributed by atoms with van der Waals surface area (Å²) < 4.78 is 22.4. The van der Waals surface area contributed by atoms with Gasteiger partial charge in [0.1, 0.15) is 5.60 Å². The average Bonchev–Trinajstić information content (AvgIpc) is 2.66. The Morgan fingerprint density at radius 3 is 2.59 bits per heavy atom. The number of carbonyl (C=O) groups is 1. The van der Waals surface area contributed by atoms with Crippen LogP contribution < -0.4 is 0 Å². The number of rotatable bonds is 7. The largest absolute Gasteiger partial charge is 0.451 e. The van der Waals surface area contributed by atoms with E-state index in [9.17, 15) is 9.90 Å². The summed E-state index contributed by atoms with van der Waals surface area (Å²) in [4.78, 5) is 12.3. The first kappa shape index (κ1) is 19.6. The Balaban J connectivity index is 2.81. The smallest absolute Gasteiger partial charge is 0.306 e. The van der Waals surface area contributed by atoms with Gasteiger partial charge in [-0.1, -0.05) is 6.92 Å². The van der Waals surface area contributed by atoms with Gasteiger partial charge in [-0.15, -0.1) is 0 Å². The maximum absolute atomic E-state index is 12.3. The standard InChI is InChI=1S/C15H30O6Si/c1-6-14(2)15(11-16,12-19-8-9-20-14)21-13(17)7-10-22(4,5)18-3/h16H,6-12H2,1-5H3. The van der Waals surface area contributed by atoms with Gasteiger partial charge in [0, 0.05) is 13.5 Å². The number of hydrogen-bond acceptors (Lipinski definition) is 6. The first-order valence-electron chi connectivity index (χ1n) is 7.84. The van der Waals surface area contributed by atoms with Crippen molar-refractivity contribution in [1.82, 2.24) is 0 Å². The van der Waals surface area contributed by atoms with Crippen molar-refractivity contribution >= 4 is 14.3 Å². The van der Waals surface area contributed by atoms with Gasteiger partial charge >= 0.3 is 5.97 Å². The van der Waals surface area contributed by atoms with Gasteiger partial charge in [-0.05, 0) is 32.5 Å². The first-order chi connectivity index (χ1) is 10.2. The molecule has 0 bridgehead atoms. The highest BCUT2D eigenvalue weighted by Crippen LogP contribution is 2.35. The lowest BCUT2D eigenvalue weighted by Crippen LogP contribution is -2.60. The highest BCUT2D eigenvalue weighted by Gasteiger charge is 2.53. The lowest BCUT2D eigenvalue weighted by Gasteiger charge is -2.44. The molecule has 0 aromatic rings. The molecule has 1 aliphatic rings.